The topological polar surface area (TPSA) is 80.7 Å². The summed E-state index contributed by atoms with van der Waals surface area (Å²) in [5.74, 6) is -41.5. The van der Waals surface area contributed by atoms with E-state index in [1.807, 2.05) is 0 Å². The molecule has 0 amide bonds. The summed E-state index contributed by atoms with van der Waals surface area (Å²) in [5.41, 5.74) is -6.93. The Morgan fingerprint density at radius 3 is 1.32 bits per heavy atom. The number of carbonyl (C=O) groups excluding carboxylic acids is 1. The van der Waals surface area contributed by atoms with Gasteiger partial charge in [-0.1, -0.05) is 0 Å². The maximum Gasteiger partial charge on any atom is 0.465 e. The molecule has 0 atom stereocenters. The molecule has 166 valence electrons. The molecule has 0 heterocycles. The minimum Gasteiger partial charge on any atom is -0.456 e. The van der Waals surface area contributed by atoms with Gasteiger partial charge in [0.05, 0.1) is 0 Å². The highest BCUT2D eigenvalue weighted by Gasteiger charge is 3.01. The fourth-order valence-corrected chi connectivity index (χ4v) is 2.09. The van der Waals surface area contributed by atoms with Crippen LogP contribution in [0.15, 0.2) is 0 Å². The molecule has 1 N–H and O–H groups in total. The number of rotatable bonds is 4. The predicted molar refractivity (Wildman–Crippen MR) is 56.0 cm³/mol. The molecule has 0 aromatic rings. The van der Waals surface area contributed by atoms with E-state index in [1.54, 1.807) is 0 Å². The van der Waals surface area contributed by atoms with Crippen LogP contribution in [0.4, 0.5) is 57.1 Å². The third kappa shape index (κ3) is 2.50. The minimum atomic E-state index is -7.58. The fraction of sp³-hybridized carbons (Fsp3) is 0.889. The van der Waals surface area contributed by atoms with Crippen LogP contribution in [0.5, 0.6) is 0 Å². The molecular formula is C9H3F13O5S. The predicted octanol–water partition coefficient (Wildman–Crippen LogP) is 2.91. The van der Waals surface area contributed by atoms with Gasteiger partial charge in [-0.05, 0) is 0 Å². The molecule has 1 rings (SSSR count). The fourth-order valence-electron chi connectivity index (χ4n) is 1.82. The molecule has 0 aliphatic heterocycles. The second-order valence-electron chi connectivity index (χ2n) is 5.24. The lowest BCUT2D eigenvalue weighted by Crippen LogP contribution is -2.84. The number of hydrogen-bond donors (Lipinski definition) is 1. The summed E-state index contributed by atoms with van der Waals surface area (Å²) in [6.07, 6.45) is 0. The highest BCUT2D eigenvalue weighted by atomic mass is 32.2. The van der Waals surface area contributed by atoms with Crippen molar-refractivity contribution in [3.05, 3.63) is 0 Å². The molecule has 0 unspecified atom stereocenters. The molecule has 0 saturated heterocycles. The van der Waals surface area contributed by atoms with Crippen molar-refractivity contribution >= 4 is 16.1 Å². The Labute approximate surface area is 144 Å². The molecule has 28 heavy (non-hydrogen) atoms. The van der Waals surface area contributed by atoms with Crippen LogP contribution in [0.3, 0.4) is 0 Å². The van der Waals surface area contributed by atoms with Gasteiger partial charge in [0.2, 0.25) is 0 Å². The van der Waals surface area contributed by atoms with E-state index in [2.05, 4.69) is 4.74 Å². The molecule has 1 aliphatic rings. The lowest BCUT2D eigenvalue weighted by Gasteiger charge is -2.52. The van der Waals surface area contributed by atoms with Crippen molar-refractivity contribution in [1.29, 1.82) is 0 Å². The van der Waals surface area contributed by atoms with E-state index >= 15 is 0 Å². The van der Waals surface area contributed by atoms with E-state index in [1.165, 1.54) is 0 Å². The standard InChI is InChI=1S/C9H3F13O5S/c10-3(1-27-2(23)4(11,12)28(24,25)26)5(13,14)7(17,18)9(21,22)8(19,20)6(3,15)16/h1H2,(H,24,25,26). The maximum atomic E-state index is 14.0. The quantitative estimate of drug-likeness (QED) is 0.389. The normalized spacial score (nSPS) is 27.1. The summed E-state index contributed by atoms with van der Waals surface area (Å²) < 4.78 is 202. The SMILES string of the molecule is O=C(OCC1(F)C(F)(F)C(F)(F)C(F)(F)C(F)(F)C1(F)F)C(F)(F)S(=O)(=O)O. The molecule has 1 aliphatic carbocycles. The van der Waals surface area contributed by atoms with Crippen LogP contribution >= 0.6 is 0 Å². The van der Waals surface area contributed by atoms with Crippen LogP contribution in [0.25, 0.3) is 0 Å². The third-order valence-electron chi connectivity index (χ3n) is 3.54. The number of alkyl halides is 13. The molecule has 0 aromatic heterocycles. The van der Waals surface area contributed by atoms with Gasteiger partial charge in [0.1, 0.15) is 6.61 Å². The van der Waals surface area contributed by atoms with Gasteiger partial charge in [-0.15, -0.1) is 0 Å². The van der Waals surface area contributed by atoms with Crippen molar-refractivity contribution in [2.75, 3.05) is 6.61 Å². The van der Waals surface area contributed by atoms with Crippen LogP contribution in [0, 0.1) is 0 Å². The number of esters is 1. The number of halogens is 13. The first-order valence-electron chi connectivity index (χ1n) is 5.98. The summed E-state index contributed by atoms with van der Waals surface area (Å²) in [6, 6.07) is 0. The van der Waals surface area contributed by atoms with E-state index in [-0.39, 0.29) is 0 Å². The number of carbonyl (C=O) groups is 1. The average molecular weight is 470 g/mol. The Bertz CT molecular complexity index is 743. The van der Waals surface area contributed by atoms with Crippen LogP contribution in [0.1, 0.15) is 0 Å². The molecular weight excluding hydrogens is 467 g/mol. The highest BCUT2D eigenvalue weighted by Crippen LogP contribution is 2.69. The highest BCUT2D eigenvalue weighted by molar-refractivity contribution is 7.87. The number of ether oxygens (including phenoxy) is 1. The second kappa shape index (κ2) is 5.76. The van der Waals surface area contributed by atoms with Gasteiger partial charge in [-0.25, -0.2) is 9.18 Å². The van der Waals surface area contributed by atoms with Crippen molar-refractivity contribution in [3.63, 3.8) is 0 Å². The van der Waals surface area contributed by atoms with Crippen molar-refractivity contribution in [1.82, 2.24) is 0 Å². The molecule has 1 fully saturated rings. The van der Waals surface area contributed by atoms with E-state index < -0.39 is 63.2 Å². The largest absolute Gasteiger partial charge is 0.465 e. The summed E-state index contributed by atoms with van der Waals surface area (Å²) in [4.78, 5) is 10.7. The molecule has 1 saturated carbocycles. The molecule has 0 bridgehead atoms. The van der Waals surface area contributed by atoms with Crippen molar-refractivity contribution in [2.24, 2.45) is 0 Å². The Morgan fingerprint density at radius 1 is 0.750 bits per heavy atom. The number of hydrogen-bond acceptors (Lipinski definition) is 4. The molecule has 0 spiro atoms. The Morgan fingerprint density at radius 2 is 1.04 bits per heavy atom. The summed E-state index contributed by atoms with van der Waals surface area (Å²) >= 11 is 0. The zero-order valence-corrected chi connectivity index (χ0v) is 12.9. The zero-order chi connectivity index (χ0) is 23.0. The average Bonchev–Trinajstić information content (AvgIpc) is 2.48. The Hall–Kier alpha value is -1.53. The van der Waals surface area contributed by atoms with E-state index in [4.69, 9.17) is 4.55 Å². The van der Waals surface area contributed by atoms with Crippen molar-refractivity contribution < 1.29 is 79.6 Å². The first kappa shape index (κ1) is 24.5. The lowest BCUT2D eigenvalue weighted by molar-refractivity contribution is -0.487. The van der Waals surface area contributed by atoms with Crippen LogP contribution in [-0.2, 0) is 19.6 Å². The Balaban J connectivity index is 3.53. The van der Waals surface area contributed by atoms with Crippen LogP contribution < -0.4 is 0 Å². The summed E-state index contributed by atoms with van der Waals surface area (Å²) in [6.45, 7) is -3.86. The van der Waals surface area contributed by atoms with Crippen LogP contribution in [0.2, 0.25) is 0 Å². The van der Waals surface area contributed by atoms with E-state index in [0.717, 1.165) is 0 Å². The molecule has 5 nitrogen and oxygen atoms in total. The molecule has 0 radical (unpaired) electrons. The van der Waals surface area contributed by atoms with Gasteiger partial charge in [0, 0.05) is 0 Å². The molecule has 19 heteroatoms. The van der Waals surface area contributed by atoms with Crippen molar-refractivity contribution in [2.45, 2.75) is 40.5 Å². The minimum absolute atomic E-state index is 2.63. The van der Waals surface area contributed by atoms with Gasteiger partial charge < -0.3 is 4.74 Å². The van der Waals surface area contributed by atoms with E-state index in [0.29, 0.717) is 0 Å². The monoisotopic (exact) mass is 470 g/mol. The second-order valence-corrected chi connectivity index (χ2v) is 6.70. The van der Waals surface area contributed by atoms with Gasteiger partial charge in [0.25, 0.3) is 5.67 Å². The van der Waals surface area contributed by atoms with Gasteiger partial charge in [0.15, 0.2) is 0 Å². The van der Waals surface area contributed by atoms with Gasteiger partial charge in [-0.2, -0.15) is 61.1 Å². The maximum absolute atomic E-state index is 14.0. The van der Waals surface area contributed by atoms with Crippen molar-refractivity contribution in [3.8, 4) is 0 Å². The Kier molecular flexibility index (Phi) is 5.04. The summed E-state index contributed by atoms with van der Waals surface area (Å²) in [7, 11) is -6.82. The van der Waals surface area contributed by atoms with Crippen LogP contribution in [-0.4, -0.2) is 66.1 Å². The smallest absolute Gasteiger partial charge is 0.456 e. The third-order valence-corrected chi connectivity index (χ3v) is 4.35. The lowest BCUT2D eigenvalue weighted by atomic mass is 9.72. The summed E-state index contributed by atoms with van der Waals surface area (Å²) in [5, 5.41) is -6.18. The first-order valence-corrected chi connectivity index (χ1v) is 7.42. The van der Waals surface area contributed by atoms with Gasteiger partial charge in [-0.3, -0.25) is 4.55 Å². The van der Waals surface area contributed by atoms with Gasteiger partial charge >= 0.3 is 51.0 Å². The first-order chi connectivity index (χ1) is 11.9. The molecule has 0 aromatic carbocycles. The zero-order valence-electron chi connectivity index (χ0n) is 12.1. The van der Waals surface area contributed by atoms with E-state index in [9.17, 15) is 70.3 Å².